The zero-order chi connectivity index (χ0) is 15.6. The zero-order valence-electron chi connectivity index (χ0n) is 11.0. The van der Waals surface area contributed by atoms with Crippen LogP contribution in [0.3, 0.4) is 0 Å². The van der Waals surface area contributed by atoms with Crippen molar-refractivity contribution in [3.63, 3.8) is 0 Å². The number of nitrogens with zero attached hydrogens (tertiary/aromatic N) is 2. The molecule has 1 N–H and O–H groups in total. The Hall–Kier alpha value is -1.47. The van der Waals surface area contributed by atoms with Crippen LogP contribution in [-0.4, -0.2) is 59.7 Å². The average Bonchev–Trinajstić information content (AvgIpc) is 2.37. The molecule has 0 atom stereocenters. The highest BCUT2D eigenvalue weighted by Crippen LogP contribution is 2.24. The molecular weight excluding hydrogens is 309 g/mol. The number of carbonyl (C=O) groups excluding carboxylic acids is 1. The maximum Gasteiger partial charge on any atom is 0.401 e. The molecule has 0 saturated carbocycles. The first kappa shape index (κ1) is 15.9. The minimum Gasteiger partial charge on any atom is -0.507 e. The second-order valence-corrected chi connectivity index (χ2v) is 5.28. The molecule has 0 aromatic heterocycles. The van der Waals surface area contributed by atoms with Gasteiger partial charge < -0.3 is 10.0 Å². The van der Waals surface area contributed by atoms with Gasteiger partial charge in [-0.05, 0) is 18.2 Å². The molecule has 0 bridgehead atoms. The standard InChI is InChI=1S/C13H14ClF3N2O2/c14-9-1-2-10(11(20)7-9)12(21)19-5-3-18(4-6-19)8-13(15,16)17/h1-2,7,20H,3-6,8H2. The summed E-state index contributed by atoms with van der Waals surface area (Å²) in [6.07, 6.45) is -4.24. The van der Waals surface area contributed by atoms with Crippen molar-refractivity contribution in [1.29, 1.82) is 0 Å². The molecule has 1 fully saturated rings. The fourth-order valence-corrected chi connectivity index (χ4v) is 2.38. The number of hydrogen-bond donors (Lipinski definition) is 1. The zero-order valence-corrected chi connectivity index (χ0v) is 11.8. The number of hydrogen-bond acceptors (Lipinski definition) is 3. The molecule has 1 aromatic rings. The molecule has 21 heavy (non-hydrogen) atoms. The summed E-state index contributed by atoms with van der Waals surface area (Å²) < 4.78 is 36.9. The first-order valence-electron chi connectivity index (χ1n) is 6.33. The molecule has 1 aliphatic heterocycles. The summed E-state index contributed by atoms with van der Waals surface area (Å²) in [5.41, 5.74) is 0.101. The lowest BCUT2D eigenvalue weighted by Crippen LogP contribution is -2.50. The fraction of sp³-hybridized carbons (Fsp3) is 0.462. The first-order chi connectivity index (χ1) is 9.76. The van der Waals surface area contributed by atoms with Crippen LogP contribution < -0.4 is 0 Å². The second-order valence-electron chi connectivity index (χ2n) is 4.84. The van der Waals surface area contributed by atoms with Gasteiger partial charge in [0.05, 0.1) is 12.1 Å². The average molecular weight is 323 g/mol. The van der Waals surface area contributed by atoms with E-state index in [4.69, 9.17) is 11.6 Å². The molecule has 116 valence electrons. The number of piperazine rings is 1. The van der Waals surface area contributed by atoms with Crippen LogP contribution in [0.2, 0.25) is 5.02 Å². The van der Waals surface area contributed by atoms with Crippen LogP contribution in [0.1, 0.15) is 10.4 Å². The van der Waals surface area contributed by atoms with Crippen LogP contribution in [0.5, 0.6) is 5.75 Å². The molecule has 1 aliphatic rings. The van der Waals surface area contributed by atoms with E-state index in [1.807, 2.05) is 0 Å². The SMILES string of the molecule is O=C(c1ccc(Cl)cc1O)N1CCN(CC(F)(F)F)CC1. The Morgan fingerprint density at radius 3 is 2.38 bits per heavy atom. The molecule has 1 saturated heterocycles. The summed E-state index contributed by atoms with van der Waals surface area (Å²) in [5.74, 6) is -0.638. The van der Waals surface area contributed by atoms with Gasteiger partial charge in [0.15, 0.2) is 0 Å². The molecule has 1 heterocycles. The van der Waals surface area contributed by atoms with Gasteiger partial charge in [-0.25, -0.2) is 0 Å². The lowest BCUT2D eigenvalue weighted by molar-refractivity contribution is -0.148. The molecule has 4 nitrogen and oxygen atoms in total. The Morgan fingerprint density at radius 1 is 1.24 bits per heavy atom. The Kier molecular flexibility index (Phi) is 4.63. The van der Waals surface area contributed by atoms with Crippen LogP contribution in [0.4, 0.5) is 13.2 Å². The summed E-state index contributed by atoms with van der Waals surface area (Å²) in [7, 11) is 0. The van der Waals surface area contributed by atoms with Gasteiger partial charge in [0, 0.05) is 31.2 Å². The van der Waals surface area contributed by atoms with Gasteiger partial charge in [-0.1, -0.05) is 11.6 Å². The first-order valence-corrected chi connectivity index (χ1v) is 6.71. The van der Waals surface area contributed by atoms with Gasteiger partial charge in [-0.15, -0.1) is 0 Å². The smallest absolute Gasteiger partial charge is 0.401 e. The van der Waals surface area contributed by atoms with Gasteiger partial charge in [-0.3, -0.25) is 9.69 Å². The molecule has 2 rings (SSSR count). The third-order valence-corrected chi connectivity index (χ3v) is 3.49. The van der Waals surface area contributed by atoms with E-state index in [0.29, 0.717) is 5.02 Å². The molecular formula is C13H14ClF3N2O2. The van der Waals surface area contributed by atoms with E-state index in [-0.39, 0.29) is 37.5 Å². The Balaban J connectivity index is 1.97. The normalized spacial score (nSPS) is 17.0. The molecule has 0 spiro atoms. The number of aromatic hydroxyl groups is 1. The van der Waals surface area contributed by atoms with Gasteiger partial charge in [-0.2, -0.15) is 13.2 Å². The number of carbonyl (C=O) groups is 1. The number of alkyl halides is 3. The minimum atomic E-state index is -4.24. The summed E-state index contributed by atoms with van der Waals surface area (Å²) >= 11 is 5.69. The predicted molar refractivity (Wildman–Crippen MR) is 71.5 cm³/mol. The lowest BCUT2D eigenvalue weighted by atomic mass is 10.1. The molecule has 1 amide bonds. The maximum absolute atomic E-state index is 12.3. The topological polar surface area (TPSA) is 43.8 Å². The van der Waals surface area contributed by atoms with Crippen LogP contribution in [0, 0.1) is 0 Å². The van der Waals surface area contributed by atoms with Crippen LogP contribution in [0.15, 0.2) is 18.2 Å². The molecule has 0 unspecified atom stereocenters. The number of benzene rings is 1. The number of halogens is 4. The van der Waals surface area contributed by atoms with Crippen molar-refractivity contribution in [3.8, 4) is 5.75 Å². The van der Waals surface area contributed by atoms with Gasteiger partial charge in [0.1, 0.15) is 5.75 Å². The molecule has 0 radical (unpaired) electrons. The highest BCUT2D eigenvalue weighted by molar-refractivity contribution is 6.30. The maximum atomic E-state index is 12.3. The number of amides is 1. The monoisotopic (exact) mass is 322 g/mol. The van der Waals surface area contributed by atoms with Crippen molar-refractivity contribution in [1.82, 2.24) is 9.80 Å². The van der Waals surface area contributed by atoms with Crippen molar-refractivity contribution in [2.24, 2.45) is 0 Å². The minimum absolute atomic E-state index is 0.101. The van der Waals surface area contributed by atoms with E-state index < -0.39 is 18.6 Å². The van der Waals surface area contributed by atoms with E-state index in [1.165, 1.54) is 28.0 Å². The highest BCUT2D eigenvalue weighted by Gasteiger charge is 2.33. The van der Waals surface area contributed by atoms with Crippen molar-refractivity contribution < 1.29 is 23.1 Å². The van der Waals surface area contributed by atoms with Gasteiger partial charge in [0.2, 0.25) is 0 Å². The summed E-state index contributed by atoms with van der Waals surface area (Å²) in [6, 6.07) is 4.14. The fourth-order valence-electron chi connectivity index (χ4n) is 2.22. The van der Waals surface area contributed by atoms with Crippen molar-refractivity contribution >= 4 is 17.5 Å². The number of rotatable bonds is 2. The van der Waals surface area contributed by atoms with Crippen LogP contribution >= 0.6 is 11.6 Å². The van der Waals surface area contributed by atoms with Crippen molar-refractivity contribution in [2.75, 3.05) is 32.7 Å². The van der Waals surface area contributed by atoms with Gasteiger partial charge >= 0.3 is 6.18 Å². The summed E-state index contributed by atoms with van der Waals surface area (Å²) in [4.78, 5) is 14.9. The molecule has 8 heteroatoms. The second kappa shape index (κ2) is 6.11. The van der Waals surface area contributed by atoms with Crippen molar-refractivity contribution in [3.05, 3.63) is 28.8 Å². The lowest BCUT2D eigenvalue weighted by Gasteiger charge is -2.35. The van der Waals surface area contributed by atoms with E-state index >= 15 is 0 Å². The summed E-state index contributed by atoms with van der Waals surface area (Å²) in [5, 5.41) is 10.0. The Morgan fingerprint density at radius 2 is 1.86 bits per heavy atom. The Bertz CT molecular complexity index is 529. The largest absolute Gasteiger partial charge is 0.507 e. The van der Waals surface area contributed by atoms with E-state index in [1.54, 1.807) is 0 Å². The van der Waals surface area contributed by atoms with Crippen LogP contribution in [0.25, 0.3) is 0 Å². The summed E-state index contributed by atoms with van der Waals surface area (Å²) in [6.45, 7) is -0.283. The number of phenols is 1. The Labute approximate surface area is 124 Å². The highest BCUT2D eigenvalue weighted by atomic mass is 35.5. The molecule has 1 aromatic carbocycles. The van der Waals surface area contributed by atoms with E-state index in [2.05, 4.69) is 0 Å². The number of phenolic OH excluding ortho intramolecular Hbond substituents is 1. The van der Waals surface area contributed by atoms with E-state index in [9.17, 15) is 23.1 Å². The van der Waals surface area contributed by atoms with E-state index in [0.717, 1.165) is 0 Å². The third kappa shape index (κ3) is 4.25. The predicted octanol–water partition coefficient (Wildman–Crippen LogP) is 2.37. The van der Waals surface area contributed by atoms with Crippen LogP contribution in [-0.2, 0) is 0 Å². The third-order valence-electron chi connectivity index (χ3n) is 3.25. The quantitative estimate of drug-likeness (QED) is 0.909. The van der Waals surface area contributed by atoms with Gasteiger partial charge in [0.25, 0.3) is 5.91 Å². The molecule has 0 aliphatic carbocycles. The van der Waals surface area contributed by atoms with Crippen molar-refractivity contribution in [2.45, 2.75) is 6.18 Å².